The highest BCUT2D eigenvalue weighted by atomic mass is 19.4. The van der Waals surface area contributed by atoms with Crippen molar-refractivity contribution in [3.05, 3.63) is 72.1 Å². The summed E-state index contributed by atoms with van der Waals surface area (Å²) in [6, 6.07) is 13.2. The first-order valence-corrected chi connectivity index (χ1v) is 8.11. The molecule has 3 rings (SSSR count). The second-order valence-corrected chi connectivity index (χ2v) is 6.23. The molecule has 2 aromatic carbocycles. The van der Waals surface area contributed by atoms with E-state index in [2.05, 4.69) is 0 Å². The summed E-state index contributed by atoms with van der Waals surface area (Å²) in [5.41, 5.74) is 3.26. The Morgan fingerprint density at radius 3 is 2.00 bits per heavy atom. The minimum Gasteiger partial charge on any atom is -0.495 e. The smallest absolute Gasteiger partial charge is 0.416 e. The number of benzene rings is 2. The van der Waals surface area contributed by atoms with Crippen molar-refractivity contribution >= 4 is 0 Å². The Kier molecular flexibility index (Phi) is 4.72. The lowest BCUT2D eigenvalue weighted by Gasteiger charge is -2.14. The molecule has 3 aromatic rings. The molecule has 0 aliphatic rings. The summed E-state index contributed by atoms with van der Waals surface area (Å²) >= 11 is 0. The lowest BCUT2D eigenvalue weighted by atomic mass is 9.98. The van der Waals surface area contributed by atoms with Gasteiger partial charge in [0.2, 0.25) is 0 Å². The van der Waals surface area contributed by atoms with Gasteiger partial charge in [0.05, 0.1) is 23.8 Å². The van der Waals surface area contributed by atoms with Crippen LogP contribution in [-0.2, 0) is 13.2 Å². The van der Waals surface area contributed by atoms with Gasteiger partial charge in [-0.15, -0.1) is 0 Å². The maximum atomic E-state index is 13.1. The number of ether oxygens (including phenoxy) is 1. The summed E-state index contributed by atoms with van der Waals surface area (Å²) in [6.07, 6.45) is -0.710. The standard InChI is InChI=1S/C21H19F3NO/c1-14-6-4-7-15(10-14)18-12-25(2)13-19(20(18)26-3)16-8-5-9-17(11-16)21(22,23)24/h4-13H,1-3H3/q+1. The molecule has 0 aliphatic heterocycles. The molecule has 0 spiro atoms. The van der Waals surface area contributed by atoms with Crippen molar-refractivity contribution in [2.45, 2.75) is 13.1 Å². The van der Waals surface area contributed by atoms with Gasteiger partial charge in [-0.3, -0.25) is 0 Å². The third kappa shape index (κ3) is 3.57. The van der Waals surface area contributed by atoms with Crippen LogP contribution < -0.4 is 9.30 Å². The Labute approximate surface area is 150 Å². The number of hydrogen-bond acceptors (Lipinski definition) is 1. The van der Waals surface area contributed by atoms with Gasteiger partial charge in [0.15, 0.2) is 12.4 Å². The fourth-order valence-corrected chi connectivity index (χ4v) is 3.01. The predicted octanol–water partition coefficient (Wildman–Crippen LogP) is 5.18. The number of rotatable bonds is 3. The van der Waals surface area contributed by atoms with Gasteiger partial charge in [0, 0.05) is 0 Å². The summed E-state index contributed by atoms with van der Waals surface area (Å²) < 4.78 is 46.7. The van der Waals surface area contributed by atoms with Gasteiger partial charge >= 0.3 is 6.18 Å². The fraction of sp³-hybridized carbons (Fsp3) is 0.190. The molecule has 2 nitrogen and oxygen atoms in total. The Bertz CT molecular complexity index is 948. The van der Waals surface area contributed by atoms with E-state index in [9.17, 15) is 13.2 Å². The molecule has 5 heteroatoms. The lowest BCUT2D eigenvalue weighted by molar-refractivity contribution is -0.670. The van der Waals surface area contributed by atoms with Crippen LogP contribution in [0.1, 0.15) is 11.1 Å². The number of halogens is 3. The van der Waals surface area contributed by atoms with Crippen molar-refractivity contribution in [2.24, 2.45) is 7.05 Å². The quantitative estimate of drug-likeness (QED) is 0.588. The van der Waals surface area contributed by atoms with Crippen LogP contribution in [0.5, 0.6) is 5.75 Å². The Hall–Kier alpha value is -2.82. The summed E-state index contributed by atoms with van der Waals surface area (Å²) in [4.78, 5) is 0. The third-order valence-electron chi connectivity index (χ3n) is 4.19. The van der Waals surface area contributed by atoms with Crippen LogP contribution in [0.4, 0.5) is 13.2 Å². The van der Waals surface area contributed by atoms with Crippen LogP contribution in [0, 0.1) is 6.92 Å². The van der Waals surface area contributed by atoms with E-state index in [-0.39, 0.29) is 0 Å². The van der Waals surface area contributed by atoms with Gasteiger partial charge in [-0.2, -0.15) is 13.2 Å². The zero-order chi connectivity index (χ0) is 18.9. The topological polar surface area (TPSA) is 13.1 Å². The van der Waals surface area contributed by atoms with Crippen molar-refractivity contribution < 1.29 is 22.5 Å². The molecule has 134 valence electrons. The van der Waals surface area contributed by atoms with Crippen LogP contribution in [-0.4, -0.2) is 7.11 Å². The normalized spacial score (nSPS) is 11.5. The average Bonchev–Trinajstić information content (AvgIpc) is 2.60. The van der Waals surface area contributed by atoms with Gasteiger partial charge in [-0.1, -0.05) is 42.0 Å². The molecule has 0 bridgehead atoms. The maximum Gasteiger partial charge on any atom is 0.416 e. The summed E-state index contributed by atoms with van der Waals surface area (Å²) in [5, 5.41) is 0. The van der Waals surface area contributed by atoms with Crippen molar-refractivity contribution in [3.8, 4) is 28.0 Å². The van der Waals surface area contributed by atoms with E-state index >= 15 is 0 Å². The second-order valence-electron chi connectivity index (χ2n) is 6.23. The van der Waals surface area contributed by atoms with Gasteiger partial charge in [-0.05, 0) is 30.2 Å². The largest absolute Gasteiger partial charge is 0.495 e. The number of aromatic nitrogens is 1. The summed E-state index contributed by atoms with van der Waals surface area (Å²) in [6.45, 7) is 1.99. The third-order valence-corrected chi connectivity index (χ3v) is 4.19. The molecule has 0 fully saturated rings. The van der Waals surface area contributed by atoms with E-state index in [0.29, 0.717) is 16.9 Å². The Morgan fingerprint density at radius 1 is 0.885 bits per heavy atom. The first kappa shape index (κ1) is 18.0. The minimum atomic E-state index is -4.39. The summed E-state index contributed by atoms with van der Waals surface area (Å²) in [5.74, 6) is 0.549. The van der Waals surface area contributed by atoms with Crippen LogP contribution in [0.3, 0.4) is 0 Å². The van der Waals surface area contributed by atoms with Crippen LogP contribution in [0.25, 0.3) is 22.3 Å². The van der Waals surface area contributed by atoms with Crippen LogP contribution >= 0.6 is 0 Å². The number of pyridine rings is 1. The van der Waals surface area contributed by atoms with E-state index in [4.69, 9.17) is 4.74 Å². The lowest BCUT2D eigenvalue weighted by Crippen LogP contribution is -2.27. The van der Waals surface area contributed by atoms with E-state index in [1.54, 1.807) is 12.3 Å². The molecular formula is C21H19F3NO+. The number of alkyl halides is 3. The highest BCUT2D eigenvalue weighted by molar-refractivity contribution is 5.81. The average molecular weight is 358 g/mol. The number of methoxy groups -OCH3 is 1. The van der Waals surface area contributed by atoms with Crippen molar-refractivity contribution in [1.82, 2.24) is 0 Å². The van der Waals surface area contributed by atoms with E-state index in [0.717, 1.165) is 28.8 Å². The highest BCUT2D eigenvalue weighted by Gasteiger charge is 2.31. The zero-order valence-electron chi connectivity index (χ0n) is 14.8. The van der Waals surface area contributed by atoms with Crippen molar-refractivity contribution in [3.63, 3.8) is 0 Å². The van der Waals surface area contributed by atoms with E-state index in [1.807, 2.05) is 49.0 Å². The van der Waals surface area contributed by atoms with Crippen molar-refractivity contribution in [1.29, 1.82) is 0 Å². The Morgan fingerprint density at radius 2 is 1.46 bits per heavy atom. The first-order valence-electron chi connectivity index (χ1n) is 8.11. The zero-order valence-corrected chi connectivity index (χ0v) is 14.8. The molecule has 26 heavy (non-hydrogen) atoms. The van der Waals surface area contributed by atoms with Crippen LogP contribution in [0.15, 0.2) is 60.9 Å². The number of hydrogen-bond donors (Lipinski definition) is 0. The molecule has 0 radical (unpaired) electrons. The molecule has 0 saturated carbocycles. The first-order chi connectivity index (χ1) is 12.3. The molecule has 0 saturated heterocycles. The maximum absolute atomic E-state index is 13.1. The van der Waals surface area contributed by atoms with Crippen molar-refractivity contribution in [2.75, 3.05) is 7.11 Å². The Balaban J connectivity index is 2.23. The molecular weight excluding hydrogens is 339 g/mol. The molecule has 0 amide bonds. The van der Waals surface area contributed by atoms with E-state index in [1.165, 1.54) is 13.2 Å². The minimum absolute atomic E-state index is 0.460. The molecule has 0 unspecified atom stereocenters. The number of aryl methyl sites for hydroxylation is 2. The fourth-order valence-electron chi connectivity index (χ4n) is 3.01. The molecule has 0 aliphatic carbocycles. The molecule has 1 heterocycles. The second kappa shape index (κ2) is 6.83. The molecule has 0 atom stereocenters. The van der Waals surface area contributed by atoms with E-state index < -0.39 is 11.7 Å². The summed E-state index contributed by atoms with van der Waals surface area (Å²) in [7, 11) is 3.38. The van der Waals surface area contributed by atoms with Gasteiger partial charge in [0.25, 0.3) is 0 Å². The monoisotopic (exact) mass is 358 g/mol. The van der Waals surface area contributed by atoms with Gasteiger partial charge < -0.3 is 4.74 Å². The van der Waals surface area contributed by atoms with Gasteiger partial charge in [-0.25, -0.2) is 4.57 Å². The predicted molar refractivity (Wildman–Crippen MR) is 94.8 cm³/mol. The highest BCUT2D eigenvalue weighted by Crippen LogP contribution is 2.39. The van der Waals surface area contributed by atoms with Gasteiger partial charge in [0.1, 0.15) is 12.8 Å². The van der Waals surface area contributed by atoms with Crippen LogP contribution in [0.2, 0.25) is 0 Å². The number of nitrogens with zero attached hydrogens (tertiary/aromatic N) is 1. The molecule has 0 N–H and O–H groups in total. The molecule has 1 aromatic heterocycles. The SMILES string of the molecule is COc1c(-c2cccc(C)c2)c[n+](C)cc1-c1cccc(C(F)(F)F)c1.